The van der Waals surface area contributed by atoms with Crippen LogP contribution in [0, 0.1) is 0 Å². The van der Waals surface area contributed by atoms with Gasteiger partial charge in [0.2, 0.25) is 0 Å². The summed E-state index contributed by atoms with van der Waals surface area (Å²) in [5.41, 5.74) is 6.56. The van der Waals surface area contributed by atoms with Crippen LogP contribution in [0.4, 0.5) is 0 Å². The summed E-state index contributed by atoms with van der Waals surface area (Å²) >= 11 is 0. The van der Waals surface area contributed by atoms with Gasteiger partial charge in [0.05, 0.1) is 0 Å². The minimum Gasteiger partial charge on any atom is -0.324 e. The average molecular weight is 136 g/mol. The molecule has 0 saturated heterocycles. The molecular weight excluding hydrogens is 126 g/mol. The molecule has 0 aromatic heterocycles. The van der Waals surface area contributed by atoms with E-state index >= 15 is 0 Å². The molecule has 2 nitrogen and oxygen atoms in total. The van der Waals surface area contributed by atoms with Crippen molar-refractivity contribution in [3.8, 4) is 5.75 Å². The summed E-state index contributed by atoms with van der Waals surface area (Å²) in [7, 11) is 0. The number of benzene rings is 1. The maximum Gasteiger partial charge on any atom is 0.178 e. The lowest BCUT2D eigenvalue weighted by Gasteiger charge is -2.02. The number of rotatable bonds is 1. The Morgan fingerprint density at radius 2 is 1.80 bits per heavy atom. The van der Waals surface area contributed by atoms with Crippen molar-refractivity contribution in [2.45, 2.75) is 13.0 Å². The summed E-state index contributed by atoms with van der Waals surface area (Å²) < 4.78 is 0. The van der Waals surface area contributed by atoms with Crippen LogP contribution >= 0.6 is 0 Å². The van der Waals surface area contributed by atoms with E-state index in [-0.39, 0.29) is 11.8 Å². The molecule has 0 fully saturated rings. The van der Waals surface area contributed by atoms with E-state index in [1.165, 1.54) is 12.1 Å². The van der Waals surface area contributed by atoms with Crippen LogP contribution in [0.25, 0.3) is 0 Å². The molecule has 2 N–H and O–H groups in total. The van der Waals surface area contributed by atoms with E-state index in [2.05, 4.69) is 0 Å². The van der Waals surface area contributed by atoms with Crippen molar-refractivity contribution in [3.63, 3.8) is 0 Å². The van der Waals surface area contributed by atoms with Gasteiger partial charge in [0, 0.05) is 6.04 Å². The highest BCUT2D eigenvalue weighted by molar-refractivity contribution is 5.27. The Bertz CT molecular complexity index is 203. The molecule has 0 aliphatic rings. The fourth-order valence-electron chi connectivity index (χ4n) is 0.771. The van der Waals surface area contributed by atoms with Crippen LogP contribution in [0.2, 0.25) is 0 Å². The predicted molar refractivity (Wildman–Crippen MR) is 39.2 cm³/mol. The molecule has 1 rings (SSSR count). The second kappa shape index (κ2) is 2.71. The highest BCUT2D eigenvalue weighted by Crippen LogP contribution is 2.14. The minimum atomic E-state index is 0.0144. The minimum absolute atomic E-state index is 0.0144. The molecule has 10 heavy (non-hydrogen) atoms. The van der Waals surface area contributed by atoms with Gasteiger partial charge in [0.1, 0.15) is 0 Å². The molecule has 1 atom stereocenters. The van der Waals surface area contributed by atoms with Gasteiger partial charge in [-0.25, -0.2) is 0 Å². The SMILES string of the molecule is CC(N)c1ccc([O])cc1. The molecule has 1 unspecified atom stereocenters. The molecule has 1 aromatic rings. The van der Waals surface area contributed by atoms with Crippen molar-refractivity contribution < 1.29 is 5.11 Å². The van der Waals surface area contributed by atoms with Gasteiger partial charge < -0.3 is 5.73 Å². The summed E-state index contributed by atoms with van der Waals surface area (Å²) in [6.07, 6.45) is 0. The normalized spacial score (nSPS) is 13.0. The second-order valence-corrected chi connectivity index (χ2v) is 2.36. The first-order valence-corrected chi connectivity index (χ1v) is 3.22. The first-order chi connectivity index (χ1) is 4.70. The largest absolute Gasteiger partial charge is 0.324 e. The average Bonchev–Trinajstić information content (AvgIpc) is 1.88. The van der Waals surface area contributed by atoms with Crippen molar-refractivity contribution in [1.29, 1.82) is 0 Å². The number of hydrogen-bond acceptors (Lipinski definition) is 1. The van der Waals surface area contributed by atoms with Gasteiger partial charge in [-0.05, 0) is 24.6 Å². The van der Waals surface area contributed by atoms with Gasteiger partial charge in [0.25, 0.3) is 0 Å². The maximum absolute atomic E-state index is 10.6. The molecule has 2 heteroatoms. The summed E-state index contributed by atoms with van der Waals surface area (Å²) in [6, 6.07) is 6.58. The molecule has 0 bridgehead atoms. The Morgan fingerprint density at radius 1 is 1.30 bits per heavy atom. The fourth-order valence-corrected chi connectivity index (χ4v) is 0.771. The molecule has 0 saturated carbocycles. The Balaban J connectivity index is 2.89. The van der Waals surface area contributed by atoms with Crippen LogP contribution in [0.1, 0.15) is 18.5 Å². The van der Waals surface area contributed by atoms with E-state index in [1.54, 1.807) is 12.1 Å². The van der Waals surface area contributed by atoms with Gasteiger partial charge in [-0.2, -0.15) is 0 Å². The van der Waals surface area contributed by atoms with E-state index in [9.17, 15) is 5.11 Å². The van der Waals surface area contributed by atoms with E-state index in [0.29, 0.717) is 0 Å². The van der Waals surface area contributed by atoms with E-state index < -0.39 is 0 Å². The Labute approximate surface area is 60.3 Å². The lowest BCUT2D eigenvalue weighted by Crippen LogP contribution is -2.03. The molecule has 1 radical (unpaired) electrons. The van der Waals surface area contributed by atoms with Gasteiger partial charge >= 0.3 is 0 Å². The van der Waals surface area contributed by atoms with Crippen LogP contribution in [0.15, 0.2) is 24.3 Å². The molecule has 53 valence electrons. The van der Waals surface area contributed by atoms with Crippen molar-refractivity contribution >= 4 is 0 Å². The fraction of sp³-hybridized carbons (Fsp3) is 0.250. The van der Waals surface area contributed by atoms with Crippen molar-refractivity contribution in [2.75, 3.05) is 0 Å². The lowest BCUT2D eigenvalue weighted by atomic mass is 10.1. The van der Waals surface area contributed by atoms with Crippen molar-refractivity contribution in [1.82, 2.24) is 0 Å². The van der Waals surface area contributed by atoms with Crippen molar-refractivity contribution in [2.24, 2.45) is 5.73 Å². The predicted octanol–water partition coefficient (Wildman–Crippen LogP) is 1.85. The topological polar surface area (TPSA) is 45.9 Å². The van der Waals surface area contributed by atoms with Gasteiger partial charge in [0.15, 0.2) is 5.75 Å². The zero-order valence-electron chi connectivity index (χ0n) is 5.87. The standard InChI is InChI=1S/C8H10NO/c1-6(9)7-2-4-8(10)5-3-7/h2-6H,9H2,1H3. The molecular formula is C8H10NO. The van der Waals surface area contributed by atoms with Gasteiger partial charge in [-0.3, -0.25) is 5.11 Å². The lowest BCUT2D eigenvalue weighted by molar-refractivity contribution is 0.354. The molecule has 1 aromatic carbocycles. The third-order valence-electron chi connectivity index (χ3n) is 1.41. The smallest absolute Gasteiger partial charge is 0.178 e. The zero-order valence-corrected chi connectivity index (χ0v) is 5.87. The third-order valence-corrected chi connectivity index (χ3v) is 1.41. The first kappa shape index (κ1) is 7.09. The highest BCUT2D eigenvalue weighted by atomic mass is 16.3. The zero-order chi connectivity index (χ0) is 7.56. The molecule has 0 spiro atoms. The van der Waals surface area contributed by atoms with E-state index in [0.717, 1.165) is 5.56 Å². The first-order valence-electron chi connectivity index (χ1n) is 3.22. The van der Waals surface area contributed by atoms with Crippen LogP contribution in [-0.4, -0.2) is 0 Å². The molecule has 0 aliphatic heterocycles. The monoisotopic (exact) mass is 136 g/mol. The second-order valence-electron chi connectivity index (χ2n) is 2.36. The van der Waals surface area contributed by atoms with Crippen molar-refractivity contribution in [3.05, 3.63) is 29.8 Å². The highest BCUT2D eigenvalue weighted by Gasteiger charge is 1.97. The molecule has 0 aliphatic carbocycles. The third kappa shape index (κ3) is 1.48. The van der Waals surface area contributed by atoms with Crippen LogP contribution in [0.5, 0.6) is 5.75 Å². The Hall–Kier alpha value is -1.02. The summed E-state index contributed by atoms with van der Waals surface area (Å²) in [6.45, 7) is 1.89. The number of nitrogens with two attached hydrogens (primary N) is 1. The van der Waals surface area contributed by atoms with E-state index in [4.69, 9.17) is 5.73 Å². The van der Waals surface area contributed by atoms with Crippen LogP contribution in [-0.2, 0) is 5.11 Å². The quantitative estimate of drug-likeness (QED) is 0.629. The summed E-state index contributed by atoms with van der Waals surface area (Å²) in [5, 5.41) is 10.6. The van der Waals surface area contributed by atoms with Crippen LogP contribution < -0.4 is 5.73 Å². The van der Waals surface area contributed by atoms with Gasteiger partial charge in [-0.1, -0.05) is 12.1 Å². The molecule has 0 amide bonds. The number of hydrogen-bond donors (Lipinski definition) is 1. The summed E-state index contributed by atoms with van der Waals surface area (Å²) in [5.74, 6) is 0.0319. The maximum atomic E-state index is 10.6. The Morgan fingerprint density at radius 3 is 2.20 bits per heavy atom. The van der Waals surface area contributed by atoms with Crippen LogP contribution in [0.3, 0.4) is 0 Å². The molecule has 0 heterocycles. The van der Waals surface area contributed by atoms with Gasteiger partial charge in [-0.15, -0.1) is 0 Å². The Kier molecular flexibility index (Phi) is 1.92. The summed E-state index contributed by atoms with van der Waals surface area (Å²) in [4.78, 5) is 0. The van der Waals surface area contributed by atoms with E-state index in [1.807, 2.05) is 6.92 Å².